The number of methoxy groups -OCH3 is 1. The van der Waals surface area contributed by atoms with Crippen molar-refractivity contribution in [3.63, 3.8) is 0 Å². The molecule has 30 heavy (non-hydrogen) atoms. The lowest BCUT2D eigenvalue weighted by Crippen LogP contribution is -2.31. The van der Waals surface area contributed by atoms with Crippen molar-refractivity contribution in [2.24, 2.45) is 0 Å². The molecule has 0 aliphatic rings. The molecule has 0 bridgehead atoms. The van der Waals surface area contributed by atoms with Crippen LogP contribution < -0.4 is 14.6 Å². The number of fused-ring (bicyclic) bond motifs is 1. The second-order valence-electron chi connectivity index (χ2n) is 6.53. The minimum Gasteiger partial charge on any atom is -0.497 e. The molecule has 1 N–H and O–H groups in total. The summed E-state index contributed by atoms with van der Waals surface area (Å²) in [7, 11) is -2.38. The van der Waals surface area contributed by atoms with Crippen LogP contribution in [0.25, 0.3) is 10.9 Å². The van der Waals surface area contributed by atoms with Crippen LogP contribution in [-0.2, 0) is 16.6 Å². The van der Waals surface area contributed by atoms with Crippen molar-refractivity contribution in [3.8, 4) is 5.75 Å². The first kappa shape index (κ1) is 20.0. The zero-order chi connectivity index (χ0) is 21.3. The van der Waals surface area contributed by atoms with E-state index >= 15 is 0 Å². The maximum atomic E-state index is 13.6. The predicted molar refractivity (Wildman–Crippen MR) is 116 cm³/mol. The number of sulfonamides is 1. The number of hydrogen-bond acceptors (Lipinski definition) is 7. The van der Waals surface area contributed by atoms with Gasteiger partial charge in [-0.2, -0.15) is 0 Å². The van der Waals surface area contributed by atoms with Crippen LogP contribution in [0.5, 0.6) is 5.75 Å². The van der Waals surface area contributed by atoms with Crippen LogP contribution in [0.1, 0.15) is 11.1 Å². The number of aromatic amines is 1. The number of nitrogens with one attached hydrogen (secondary N) is 1. The predicted octanol–water partition coefficient (Wildman–Crippen LogP) is 3.09. The highest BCUT2D eigenvalue weighted by molar-refractivity contribution is 7.93. The molecule has 0 aliphatic heterocycles. The Bertz CT molecular complexity index is 1370. The summed E-state index contributed by atoms with van der Waals surface area (Å²) in [5, 5.41) is 2.40. The average molecular weight is 443 g/mol. The van der Waals surface area contributed by atoms with E-state index in [1.54, 1.807) is 24.8 Å². The lowest BCUT2D eigenvalue weighted by atomic mass is 10.1. The van der Waals surface area contributed by atoms with Gasteiger partial charge in [0.2, 0.25) is 0 Å². The van der Waals surface area contributed by atoms with Crippen LogP contribution in [0.4, 0.5) is 5.13 Å². The highest BCUT2D eigenvalue weighted by Gasteiger charge is 2.28. The molecule has 0 atom stereocenters. The quantitative estimate of drug-likeness (QED) is 0.492. The third-order valence-corrected chi connectivity index (χ3v) is 7.34. The van der Waals surface area contributed by atoms with E-state index in [1.165, 1.54) is 40.2 Å². The summed E-state index contributed by atoms with van der Waals surface area (Å²) in [6, 6.07) is 9.77. The molecule has 0 amide bonds. The number of aryl methyl sites for hydroxylation is 1. The lowest BCUT2D eigenvalue weighted by Gasteiger charge is -2.23. The van der Waals surface area contributed by atoms with Gasteiger partial charge in [0, 0.05) is 11.6 Å². The van der Waals surface area contributed by atoms with Gasteiger partial charge in [-0.1, -0.05) is 6.07 Å². The topological polar surface area (TPSA) is 105 Å². The SMILES string of the molecule is COc1ccc(CN(c2nccs2)S(=O)(=O)c2ccc3c(=O)[nH]cnc3c2)c(C)c1. The lowest BCUT2D eigenvalue weighted by molar-refractivity contribution is 0.414. The Morgan fingerprint density at radius 2 is 2.00 bits per heavy atom. The Morgan fingerprint density at radius 1 is 1.17 bits per heavy atom. The van der Waals surface area contributed by atoms with Gasteiger partial charge in [-0.05, 0) is 48.4 Å². The molecule has 0 unspecified atom stereocenters. The number of benzene rings is 2. The first-order valence-corrected chi connectivity index (χ1v) is 11.3. The Labute approximate surface area is 176 Å². The molecule has 2 heterocycles. The van der Waals surface area contributed by atoms with E-state index in [9.17, 15) is 13.2 Å². The molecule has 2 aromatic carbocycles. The fraction of sp³-hybridized carbons (Fsp3) is 0.150. The van der Waals surface area contributed by atoms with E-state index in [1.807, 2.05) is 19.1 Å². The number of hydrogen-bond donors (Lipinski definition) is 1. The molecule has 0 fully saturated rings. The van der Waals surface area contributed by atoms with Gasteiger partial charge < -0.3 is 9.72 Å². The van der Waals surface area contributed by atoms with Crippen molar-refractivity contribution in [2.45, 2.75) is 18.4 Å². The number of H-pyrrole nitrogens is 1. The zero-order valence-electron chi connectivity index (χ0n) is 16.2. The fourth-order valence-electron chi connectivity index (χ4n) is 3.06. The number of aromatic nitrogens is 3. The molecule has 8 nitrogen and oxygen atoms in total. The maximum Gasteiger partial charge on any atom is 0.266 e. The molecule has 0 saturated heterocycles. The van der Waals surface area contributed by atoms with Gasteiger partial charge in [0.1, 0.15) is 5.75 Å². The summed E-state index contributed by atoms with van der Waals surface area (Å²) in [6.07, 6.45) is 2.81. The van der Waals surface area contributed by atoms with Crippen molar-refractivity contribution < 1.29 is 13.2 Å². The third kappa shape index (κ3) is 3.66. The molecule has 0 radical (unpaired) electrons. The van der Waals surface area contributed by atoms with Gasteiger partial charge in [-0.15, -0.1) is 11.3 Å². The monoisotopic (exact) mass is 442 g/mol. The van der Waals surface area contributed by atoms with Gasteiger partial charge >= 0.3 is 0 Å². The van der Waals surface area contributed by atoms with Crippen LogP contribution in [0.15, 0.2) is 64.0 Å². The van der Waals surface area contributed by atoms with Crippen LogP contribution in [-0.4, -0.2) is 30.5 Å². The summed E-state index contributed by atoms with van der Waals surface area (Å²) in [6.45, 7) is 2.00. The van der Waals surface area contributed by atoms with Gasteiger partial charge in [-0.25, -0.2) is 22.7 Å². The third-order valence-electron chi connectivity index (χ3n) is 4.70. The highest BCUT2D eigenvalue weighted by Crippen LogP contribution is 2.30. The summed E-state index contributed by atoms with van der Waals surface area (Å²) in [5.74, 6) is 0.700. The molecule has 154 valence electrons. The molecular weight excluding hydrogens is 424 g/mol. The second-order valence-corrected chi connectivity index (χ2v) is 9.26. The van der Waals surface area contributed by atoms with Crippen molar-refractivity contribution >= 4 is 37.4 Å². The van der Waals surface area contributed by atoms with E-state index < -0.39 is 10.0 Å². The van der Waals surface area contributed by atoms with Gasteiger partial charge in [0.05, 0.1) is 35.8 Å². The first-order chi connectivity index (χ1) is 14.4. The molecular formula is C20H18N4O4S2. The molecule has 0 saturated carbocycles. The van der Waals surface area contributed by atoms with Crippen LogP contribution in [0, 0.1) is 6.92 Å². The van der Waals surface area contributed by atoms with Gasteiger partial charge in [0.15, 0.2) is 5.13 Å². The fourth-order valence-corrected chi connectivity index (χ4v) is 5.35. The molecule has 0 aliphatic carbocycles. The summed E-state index contributed by atoms with van der Waals surface area (Å²) < 4.78 is 33.6. The van der Waals surface area contributed by atoms with Crippen LogP contribution in [0.3, 0.4) is 0 Å². The minimum atomic E-state index is -3.96. The Kier molecular flexibility index (Phi) is 5.27. The molecule has 0 spiro atoms. The Balaban J connectivity index is 1.80. The number of anilines is 1. The maximum absolute atomic E-state index is 13.6. The Hall–Kier alpha value is -3.24. The smallest absolute Gasteiger partial charge is 0.266 e. The normalized spacial score (nSPS) is 11.5. The second kappa shape index (κ2) is 7.88. The molecule has 2 aromatic heterocycles. The van der Waals surface area contributed by atoms with Gasteiger partial charge in [-0.3, -0.25) is 4.79 Å². The highest BCUT2D eigenvalue weighted by atomic mass is 32.2. The van der Waals surface area contributed by atoms with E-state index in [4.69, 9.17) is 4.74 Å². The number of nitrogens with zero attached hydrogens (tertiary/aromatic N) is 3. The number of rotatable bonds is 6. The Morgan fingerprint density at radius 3 is 2.70 bits per heavy atom. The summed E-state index contributed by atoms with van der Waals surface area (Å²) in [4.78, 5) is 22.7. The summed E-state index contributed by atoms with van der Waals surface area (Å²) in [5.41, 5.74) is 1.71. The molecule has 10 heteroatoms. The van der Waals surface area contributed by atoms with E-state index in [2.05, 4.69) is 15.0 Å². The first-order valence-electron chi connectivity index (χ1n) is 8.93. The molecule has 4 aromatic rings. The average Bonchev–Trinajstić information content (AvgIpc) is 3.27. The van der Waals surface area contributed by atoms with E-state index in [-0.39, 0.29) is 17.0 Å². The van der Waals surface area contributed by atoms with Crippen molar-refractivity contribution in [2.75, 3.05) is 11.4 Å². The van der Waals surface area contributed by atoms with Crippen molar-refractivity contribution in [1.82, 2.24) is 15.0 Å². The number of ether oxygens (including phenoxy) is 1. The largest absolute Gasteiger partial charge is 0.497 e. The molecule has 4 rings (SSSR count). The standard InChI is InChI=1S/C20H18N4O4S2/c1-13-9-15(28-2)4-3-14(13)11-24(20-21-7-8-29-20)30(26,27)16-5-6-17-18(10-16)22-12-23-19(17)25/h3-10,12H,11H2,1-2H3,(H,22,23,25). The minimum absolute atomic E-state index is 0.0365. The van der Waals surface area contributed by atoms with Crippen LogP contribution >= 0.6 is 11.3 Å². The van der Waals surface area contributed by atoms with Crippen molar-refractivity contribution in [3.05, 3.63) is 75.8 Å². The zero-order valence-corrected chi connectivity index (χ0v) is 17.8. The van der Waals surface area contributed by atoms with Gasteiger partial charge in [0.25, 0.3) is 15.6 Å². The van der Waals surface area contributed by atoms with Crippen LogP contribution in [0.2, 0.25) is 0 Å². The van der Waals surface area contributed by atoms with E-state index in [0.717, 1.165) is 11.1 Å². The summed E-state index contributed by atoms with van der Waals surface area (Å²) >= 11 is 1.23. The van der Waals surface area contributed by atoms with E-state index in [0.29, 0.717) is 21.8 Å². The van der Waals surface area contributed by atoms with Crippen molar-refractivity contribution in [1.29, 1.82) is 0 Å². The number of thiazole rings is 1.